The van der Waals surface area contributed by atoms with Crippen LogP contribution < -0.4 is 5.73 Å². The fourth-order valence-electron chi connectivity index (χ4n) is 1.02. The first-order valence-electron chi connectivity index (χ1n) is 3.42. The number of carbonyl (C=O) groups excluding carboxylic acids is 1. The molecule has 0 radical (unpaired) electrons. The van der Waals surface area contributed by atoms with Crippen LogP contribution in [0.5, 0.6) is 0 Å². The molecule has 2 unspecified atom stereocenters. The third-order valence-electron chi connectivity index (χ3n) is 1.89. The summed E-state index contributed by atoms with van der Waals surface area (Å²) in [7, 11) is 0. The van der Waals surface area contributed by atoms with Crippen molar-refractivity contribution in [2.45, 2.75) is 12.6 Å². The zero-order valence-electron chi connectivity index (χ0n) is 6.25. The van der Waals surface area contributed by atoms with Crippen molar-refractivity contribution in [2.24, 2.45) is 11.7 Å². The van der Waals surface area contributed by atoms with Crippen LogP contribution >= 0.6 is 0 Å². The first-order valence-corrected chi connectivity index (χ1v) is 3.42. The van der Waals surface area contributed by atoms with E-state index in [1.54, 1.807) is 19.1 Å². The van der Waals surface area contributed by atoms with Gasteiger partial charge in [0.2, 0.25) is 5.67 Å². The minimum absolute atomic E-state index is 0.468. The summed E-state index contributed by atoms with van der Waals surface area (Å²) in [4.78, 5) is 10.6. The Hall–Kier alpha value is -1.12. The van der Waals surface area contributed by atoms with Crippen molar-refractivity contribution in [3.63, 3.8) is 0 Å². The molecule has 2 nitrogen and oxygen atoms in total. The lowest BCUT2D eigenvalue weighted by Gasteiger charge is -2.24. The van der Waals surface area contributed by atoms with E-state index in [2.05, 4.69) is 0 Å². The number of halogens is 1. The van der Waals surface area contributed by atoms with Crippen molar-refractivity contribution >= 4 is 5.91 Å². The molecule has 1 aliphatic carbocycles. The quantitative estimate of drug-likeness (QED) is 0.601. The second-order valence-electron chi connectivity index (χ2n) is 2.66. The number of rotatable bonds is 1. The topological polar surface area (TPSA) is 43.1 Å². The molecule has 1 aliphatic rings. The van der Waals surface area contributed by atoms with Crippen molar-refractivity contribution in [1.82, 2.24) is 0 Å². The zero-order valence-corrected chi connectivity index (χ0v) is 6.25. The standard InChI is InChI=1S/C8H10FNO/c1-6-4-2-3-5-8(6,9)7(10)11/h2-6H,1H3,(H2,10,11). The summed E-state index contributed by atoms with van der Waals surface area (Å²) < 4.78 is 13.5. The van der Waals surface area contributed by atoms with Crippen LogP contribution in [0.3, 0.4) is 0 Å². The second kappa shape index (κ2) is 2.49. The predicted octanol–water partition coefficient (Wildman–Crippen LogP) is 0.942. The van der Waals surface area contributed by atoms with Gasteiger partial charge in [-0.05, 0) is 6.08 Å². The Labute approximate surface area is 64.6 Å². The molecule has 11 heavy (non-hydrogen) atoms. The van der Waals surface area contributed by atoms with Gasteiger partial charge in [0.15, 0.2) is 0 Å². The van der Waals surface area contributed by atoms with Crippen molar-refractivity contribution in [3.05, 3.63) is 24.3 Å². The molecule has 0 fully saturated rings. The third-order valence-corrected chi connectivity index (χ3v) is 1.89. The van der Waals surface area contributed by atoms with E-state index in [1.807, 2.05) is 0 Å². The summed E-state index contributed by atoms with van der Waals surface area (Å²) in [5.41, 5.74) is 2.90. The summed E-state index contributed by atoms with van der Waals surface area (Å²) in [6, 6.07) is 0. The number of primary amides is 1. The highest BCUT2D eigenvalue weighted by Crippen LogP contribution is 2.27. The van der Waals surface area contributed by atoms with E-state index < -0.39 is 17.5 Å². The molecule has 0 bridgehead atoms. The van der Waals surface area contributed by atoms with Gasteiger partial charge in [0.25, 0.3) is 5.91 Å². The molecular formula is C8H10FNO. The van der Waals surface area contributed by atoms with Gasteiger partial charge in [-0.25, -0.2) is 4.39 Å². The molecule has 1 rings (SSSR count). The summed E-state index contributed by atoms with van der Waals surface area (Å²) in [5.74, 6) is -1.39. The minimum Gasteiger partial charge on any atom is -0.367 e. The lowest BCUT2D eigenvalue weighted by atomic mass is 9.86. The van der Waals surface area contributed by atoms with Crippen molar-refractivity contribution < 1.29 is 9.18 Å². The van der Waals surface area contributed by atoms with Crippen molar-refractivity contribution in [3.8, 4) is 0 Å². The SMILES string of the molecule is CC1C=CC=CC1(F)C(N)=O. The average molecular weight is 155 g/mol. The fraction of sp³-hybridized carbons (Fsp3) is 0.375. The zero-order chi connectivity index (χ0) is 8.48. The molecular weight excluding hydrogens is 145 g/mol. The maximum absolute atomic E-state index is 13.5. The predicted molar refractivity (Wildman–Crippen MR) is 40.5 cm³/mol. The maximum atomic E-state index is 13.5. The van der Waals surface area contributed by atoms with Gasteiger partial charge in [-0.15, -0.1) is 0 Å². The fourth-order valence-corrected chi connectivity index (χ4v) is 1.02. The van der Waals surface area contributed by atoms with Crippen LogP contribution in [0.1, 0.15) is 6.92 Å². The number of nitrogens with two attached hydrogens (primary N) is 1. The Morgan fingerprint density at radius 2 is 2.27 bits per heavy atom. The van der Waals surface area contributed by atoms with Gasteiger partial charge in [-0.1, -0.05) is 25.2 Å². The molecule has 3 heteroatoms. The average Bonchev–Trinajstić information content (AvgIpc) is 1.95. The van der Waals surface area contributed by atoms with Crippen LogP contribution in [0, 0.1) is 5.92 Å². The van der Waals surface area contributed by atoms with Crippen LogP contribution in [-0.4, -0.2) is 11.6 Å². The van der Waals surface area contributed by atoms with Gasteiger partial charge >= 0.3 is 0 Å². The highest BCUT2D eigenvalue weighted by atomic mass is 19.1. The number of carbonyl (C=O) groups is 1. The molecule has 60 valence electrons. The Balaban J connectivity index is 2.94. The summed E-state index contributed by atoms with van der Waals surface area (Å²) in [6.07, 6.45) is 6.00. The third kappa shape index (κ3) is 1.18. The summed E-state index contributed by atoms with van der Waals surface area (Å²) in [5, 5.41) is 0. The number of allylic oxidation sites excluding steroid dienone is 3. The molecule has 2 atom stereocenters. The smallest absolute Gasteiger partial charge is 0.259 e. The molecule has 0 aromatic carbocycles. The first-order chi connectivity index (χ1) is 5.07. The molecule has 1 amide bonds. The first kappa shape index (κ1) is 7.98. The summed E-state index contributed by atoms with van der Waals surface area (Å²) >= 11 is 0. The number of alkyl halides is 1. The van der Waals surface area contributed by atoms with Crippen LogP contribution in [0.25, 0.3) is 0 Å². The van der Waals surface area contributed by atoms with Gasteiger partial charge in [0.1, 0.15) is 0 Å². The molecule has 0 saturated heterocycles. The molecule has 2 N–H and O–H groups in total. The van der Waals surface area contributed by atoms with Crippen molar-refractivity contribution in [2.75, 3.05) is 0 Å². The van der Waals surface area contributed by atoms with Gasteiger partial charge in [0, 0.05) is 5.92 Å². The molecule has 0 spiro atoms. The highest BCUT2D eigenvalue weighted by Gasteiger charge is 2.39. The molecule has 0 aromatic rings. The molecule has 0 heterocycles. The molecule has 0 aromatic heterocycles. The maximum Gasteiger partial charge on any atom is 0.259 e. The van der Waals surface area contributed by atoms with E-state index >= 15 is 0 Å². The largest absolute Gasteiger partial charge is 0.367 e. The Bertz CT molecular complexity index is 234. The van der Waals surface area contributed by atoms with Crippen LogP contribution in [0.4, 0.5) is 4.39 Å². The number of hydrogen-bond acceptors (Lipinski definition) is 1. The van der Waals surface area contributed by atoms with Gasteiger partial charge in [-0.2, -0.15) is 0 Å². The van der Waals surface area contributed by atoms with E-state index in [0.29, 0.717) is 0 Å². The highest BCUT2D eigenvalue weighted by molar-refractivity contribution is 5.86. The van der Waals surface area contributed by atoms with Crippen LogP contribution in [0.15, 0.2) is 24.3 Å². The molecule has 0 aliphatic heterocycles. The number of amides is 1. The Morgan fingerprint density at radius 1 is 1.64 bits per heavy atom. The van der Waals surface area contributed by atoms with Crippen molar-refractivity contribution in [1.29, 1.82) is 0 Å². The lowest BCUT2D eigenvalue weighted by molar-refractivity contribution is -0.128. The monoisotopic (exact) mass is 155 g/mol. The van der Waals surface area contributed by atoms with Crippen LogP contribution in [0.2, 0.25) is 0 Å². The van der Waals surface area contributed by atoms with Gasteiger partial charge in [-0.3, -0.25) is 4.79 Å². The van der Waals surface area contributed by atoms with Gasteiger partial charge in [0.05, 0.1) is 0 Å². The Kier molecular flexibility index (Phi) is 1.81. The lowest BCUT2D eigenvalue weighted by Crippen LogP contribution is -2.43. The molecule has 0 saturated carbocycles. The minimum atomic E-state index is -1.99. The number of hydrogen-bond donors (Lipinski definition) is 1. The van der Waals surface area contributed by atoms with E-state index in [9.17, 15) is 9.18 Å². The van der Waals surface area contributed by atoms with E-state index in [4.69, 9.17) is 5.73 Å². The van der Waals surface area contributed by atoms with E-state index in [1.165, 1.54) is 12.2 Å². The van der Waals surface area contributed by atoms with Gasteiger partial charge < -0.3 is 5.73 Å². The normalized spacial score (nSPS) is 35.6. The van der Waals surface area contributed by atoms with E-state index in [-0.39, 0.29) is 0 Å². The second-order valence-corrected chi connectivity index (χ2v) is 2.66. The van der Waals surface area contributed by atoms with Crippen LogP contribution in [-0.2, 0) is 4.79 Å². The summed E-state index contributed by atoms with van der Waals surface area (Å²) in [6.45, 7) is 1.62. The Morgan fingerprint density at radius 3 is 2.64 bits per heavy atom. The van der Waals surface area contributed by atoms with E-state index in [0.717, 1.165) is 0 Å².